The van der Waals surface area contributed by atoms with Crippen LogP contribution in [0.25, 0.3) is 0 Å². The molecule has 2 fully saturated rings. The number of hydrogen-bond donors (Lipinski definition) is 1. The predicted octanol–water partition coefficient (Wildman–Crippen LogP) is 2.76. The Balaban J connectivity index is 1.69. The maximum atomic E-state index is 12.6. The van der Waals surface area contributed by atoms with Crippen LogP contribution < -0.4 is 0 Å². The standard InChI is InChI=1S/C17H23NO4/c1-11-6-7-13(22-11)8-9-16(19)18-14-5-3-2-4-12(14)10-15(18)17(20)21/h6-7,12,14-15H,2-5,8-10H2,1H3,(H,20,21)/t12-,14-,15+/m1/s1. The monoisotopic (exact) mass is 305 g/mol. The Hall–Kier alpha value is -1.78. The van der Waals surface area contributed by atoms with E-state index in [0.717, 1.165) is 37.2 Å². The fourth-order valence-electron chi connectivity index (χ4n) is 4.02. The SMILES string of the molecule is Cc1ccc(CCC(=O)N2[C@@H]3CCCC[C@@H]3C[C@H]2C(=O)O)o1. The lowest BCUT2D eigenvalue weighted by Gasteiger charge is -2.33. The number of hydrogen-bond acceptors (Lipinski definition) is 3. The zero-order valence-electron chi connectivity index (χ0n) is 13.0. The number of nitrogens with zero attached hydrogens (tertiary/aromatic N) is 1. The van der Waals surface area contributed by atoms with E-state index in [4.69, 9.17) is 4.42 Å². The number of aryl methyl sites for hydroxylation is 2. The highest BCUT2D eigenvalue weighted by Crippen LogP contribution is 2.40. The molecule has 1 aromatic rings. The highest BCUT2D eigenvalue weighted by molar-refractivity contribution is 5.84. The van der Waals surface area contributed by atoms with Gasteiger partial charge in [-0.05, 0) is 44.2 Å². The number of amides is 1. The first-order valence-corrected chi connectivity index (χ1v) is 8.15. The Kier molecular flexibility index (Phi) is 4.23. The molecule has 1 aliphatic carbocycles. The van der Waals surface area contributed by atoms with E-state index in [9.17, 15) is 14.7 Å². The Bertz CT molecular complexity index is 565. The molecular formula is C17H23NO4. The quantitative estimate of drug-likeness (QED) is 0.928. The van der Waals surface area contributed by atoms with E-state index in [1.807, 2.05) is 19.1 Å². The fourth-order valence-corrected chi connectivity index (χ4v) is 4.02. The summed E-state index contributed by atoms with van der Waals surface area (Å²) in [6.07, 6.45) is 5.71. The molecule has 2 aliphatic rings. The number of carbonyl (C=O) groups is 2. The van der Waals surface area contributed by atoms with Crippen molar-refractivity contribution in [1.29, 1.82) is 0 Å². The minimum absolute atomic E-state index is 0.0455. The average Bonchev–Trinajstić information content (AvgIpc) is 3.08. The number of rotatable bonds is 4. The summed E-state index contributed by atoms with van der Waals surface area (Å²) >= 11 is 0. The van der Waals surface area contributed by atoms with Gasteiger partial charge in [0.15, 0.2) is 0 Å². The van der Waals surface area contributed by atoms with Crippen LogP contribution in [0.2, 0.25) is 0 Å². The molecule has 0 aromatic carbocycles. The summed E-state index contributed by atoms with van der Waals surface area (Å²) in [5, 5.41) is 9.46. The normalized spacial score (nSPS) is 27.7. The Morgan fingerprint density at radius 1 is 1.32 bits per heavy atom. The molecule has 1 amide bonds. The smallest absolute Gasteiger partial charge is 0.326 e. The van der Waals surface area contributed by atoms with Crippen LogP contribution in [0.15, 0.2) is 16.5 Å². The number of carbonyl (C=O) groups excluding carboxylic acids is 1. The maximum absolute atomic E-state index is 12.6. The van der Waals surface area contributed by atoms with E-state index in [-0.39, 0.29) is 11.9 Å². The van der Waals surface area contributed by atoms with Gasteiger partial charge in [0.2, 0.25) is 5.91 Å². The molecular weight excluding hydrogens is 282 g/mol. The van der Waals surface area contributed by atoms with Crippen molar-refractivity contribution < 1.29 is 19.1 Å². The minimum atomic E-state index is -0.864. The van der Waals surface area contributed by atoms with Gasteiger partial charge in [0.1, 0.15) is 17.6 Å². The minimum Gasteiger partial charge on any atom is -0.480 e. The lowest BCUT2D eigenvalue weighted by atomic mass is 9.84. The van der Waals surface area contributed by atoms with Crippen LogP contribution in [0.3, 0.4) is 0 Å². The van der Waals surface area contributed by atoms with E-state index < -0.39 is 12.0 Å². The van der Waals surface area contributed by atoms with Crippen LogP contribution >= 0.6 is 0 Å². The number of carboxylic acid groups (broad SMARTS) is 1. The average molecular weight is 305 g/mol. The van der Waals surface area contributed by atoms with Crippen molar-refractivity contribution in [3.8, 4) is 0 Å². The van der Waals surface area contributed by atoms with Gasteiger partial charge in [-0.2, -0.15) is 0 Å². The molecule has 1 aliphatic heterocycles. The second-order valence-corrected chi connectivity index (χ2v) is 6.51. The number of fused-ring (bicyclic) bond motifs is 1. The summed E-state index contributed by atoms with van der Waals surface area (Å²) in [6.45, 7) is 1.87. The van der Waals surface area contributed by atoms with Crippen LogP contribution in [0.5, 0.6) is 0 Å². The molecule has 0 radical (unpaired) electrons. The maximum Gasteiger partial charge on any atom is 0.326 e. The molecule has 1 saturated heterocycles. The molecule has 3 atom stereocenters. The van der Waals surface area contributed by atoms with Crippen molar-refractivity contribution in [3.63, 3.8) is 0 Å². The van der Waals surface area contributed by atoms with Gasteiger partial charge in [0, 0.05) is 18.9 Å². The van der Waals surface area contributed by atoms with E-state index in [0.29, 0.717) is 25.2 Å². The van der Waals surface area contributed by atoms with Gasteiger partial charge < -0.3 is 14.4 Å². The first-order valence-electron chi connectivity index (χ1n) is 8.15. The summed E-state index contributed by atoms with van der Waals surface area (Å²) < 4.78 is 5.49. The number of aliphatic carboxylic acids is 1. The van der Waals surface area contributed by atoms with Gasteiger partial charge in [-0.15, -0.1) is 0 Å². The third-order valence-electron chi connectivity index (χ3n) is 5.04. The summed E-state index contributed by atoms with van der Waals surface area (Å²) in [7, 11) is 0. The second kappa shape index (κ2) is 6.15. The largest absolute Gasteiger partial charge is 0.480 e. The van der Waals surface area contributed by atoms with E-state index in [1.165, 1.54) is 0 Å². The molecule has 1 aromatic heterocycles. The van der Waals surface area contributed by atoms with E-state index >= 15 is 0 Å². The highest BCUT2D eigenvalue weighted by atomic mass is 16.4. The lowest BCUT2D eigenvalue weighted by Crippen LogP contribution is -2.46. The Morgan fingerprint density at radius 3 is 2.77 bits per heavy atom. The molecule has 1 N–H and O–H groups in total. The van der Waals surface area contributed by atoms with Gasteiger partial charge in [0.25, 0.3) is 0 Å². The van der Waals surface area contributed by atoms with E-state index in [2.05, 4.69) is 0 Å². The fraction of sp³-hybridized carbons (Fsp3) is 0.647. The molecule has 5 heteroatoms. The number of furan rings is 1. The topological polar surface area (TPSA) is 70.8 Å². The van der Waals surface area contributed by atoms with Gasteiger partial charge in [-0.25, -0.2) is 4.79 Å². The molecule has 0 bridgehead atoms. The van der Waals surface area contributed by atoms with Gasteiger partial charge in [-0.1, -0.05) is 12.8 Å². The summed E-state index contributed by atoms with van der Waals surface area (Å²) in [6, 6.07) is 3.25. The molecule has 5 nitrogen and oxygen atoms in total. The molecule has 2 heterocycles. The number of likely N-dealkylation sites (tertiary alicyclic amines) is 1. The van der Waals surface area contributed by atoms with E-state index in [1.54, 1.807) is 4.90 Å². The molecule has 1 saturated carbocycles. The Morgan fingerprint density at radius 2 is 2.09 bits per heavy atom. The van der Waals surface area contributed by atoms with Crippen LogP contribution in [0.4, 0.5) is 0 Å². The lowest BCUT2D eigenvalue weighted by molar-refractivity contribution is -0.149. The van der Waals surface area contributed by atoms with Crippen LogP contribution in [0, 0.1) is 12.8 Å². The third-order valence-corrected chi connectivity index (χ3v) is 5.04. The first kappa shape index (κ1) is 15.1. The number of carboxylic acids is 1. The van der Waals surface area contributed by atoms with Crippen molar-refractivity contribution in [2.75, 3.05) is 0 Å². The van der Waals surface area contributed by atoms with Crippen molar-refractivity contribution in [2.45, 2.75) is 64.0 Å². The summed E-state index contributed by atoms with van der Waals surface area (Å²) in [5.41, 5.74) is 0. The zero-order valence-corrected chi connectivity index (χ0v) is 13.0. The van der Waals surface area contributed by atoms with Crippen LogP contribution in [-0.4, -0.2) is 34.0 Å². The van der Waals surface area contributed by atoms with Crippen molar-refractivity contribution >= 4 is 11.9 Å². The molecule has 120 valence electrons. The molecule has 0 unspecified atom stereocenters. The van der Waals surface area contributed by atoms with Crippen molar-refractivity contribution in [3.05, 3.63) is 23.7 Å². The van der Waals surface area contributed by atoms with Gasteiger partial charge in [-0.3, -0.25) is 4.79 Å². The van der Waals surface area contributed by atoms with Crippen molar-refractivity contribution in [2.24, 2.45) is 5.92 Å². The highest BCUT2D eigenvalue weighted by Gasteiger charge is 2.47. The Labute approximate surface area is 130 Å². The van der Waals surface area contributed by atoms with Gasteiger partial charge >= 0.3 is 5.97 Å². The molecule has 3 rings (SSSR count). The molecule has 0 spiro atoms. The third kappa shape index (κ3) is 2.89. The van der Waals surface area contributed by atoms with Gasteiger partial charge in [0.05, 0.1) is 0 Å². The predicted molar refractivity (Wildman–Crippen MR) is 80.4 cm³/mol. The summed E-state index contributed by atoms with van der Waals surface area (Å²) in [5.74, 6) is 1.08. The summed E-state index contributed by atoms with van der Waals surface area (Å²) in [4.78, 5) is 25.8. The first-order chi connectivity index (χ1) is 10.6. The molecule has 22 heavy (non-hydrogen) atoms. The van der Waals surface area contributed by atoms with Crippen molar-refractivity contribution in [1.82, 2.24) is 4.90 Å². The zero-order chi connectivity index (χ0) is 15.7. The van der Waals surface area contributed by atoms with Crippen LogP contribution in [0.1, 0.15) is 50.0 Å². The van der Waals surface area contributed by atoms with Crippen LogP contribution in [-0.2, 0) is 16.0 Å². The second-order valence-electron chi connectivity index (χ2n) is 6.51.